The number of carbonyl (C=O) groups is 1. The van der Waals surface area contributed by atoms with Gasteiger partial charge in [-0.1, -0.05) is 55.8 Å². The number of rotatable bonds is 5. The van der Waals surface area contributed by atoms with E-state index in [1.54, 1.807) is 0 Å². The molecule has 1 atom stereocenters. The van der Waals surface area contributed by atoms with Gasteiger partial charge in [0.25, 0.3) is 0 Å². The van der Waals surface area contributed by atoms with Crippen LogP contribution in [-0.4, -0.2) is 17.9 Å². The number of fused-ring (bicyclic) bond motifs is 1. The lowest BCUT2D eigenvalue weighted by Gasteiger charge is -2.28. The van der Waals surface area contributed by atoms with Crippen molar-refractivity contribution in [3.63, 3.8) is 0 Å². The Balaban J connectivity index is 1.89. The molecular weight excluding hydrogens is 258 g/mol. The molecule has 0 radical (unpaired) electrons. The molecule has 1 saturated heterocycles. The van der Waals surface area contributed by atoms with Gasteiger partial charge >= 0.3 is 0 Å². The van der Waals surface area contributed by atoms with E-state index in [2.05, 4.69) is 42.6 Å². The number of hydrogen-bond acceptors (Lipinski definition) is 2. The molecule has 1 aliphatic rings. The van der Waals surface area contributed by atoms with Gasteiger partial charge in [0.05, 0.1) is 5.54 Å². The minimum Gasteiger partial charge on any atom is -0.305 e. The first-order valence-corrected chi connectivity index (χ1v) is 8.00. The molecule has 21 heavy (non-hydrogen) atoms. The average Bonchev–Trinajstić information content (AvgIpc) is 2.98. The zero-order chi connectivity index (χ0) is 14.7. The van der Waals surface area contributed by atoms with E-state index in [1.165, 1.54) is 10.8 Å². The van der Waals surface area contributed by atoms with Gasteiger partial charge in [0.1, 0.15) is 0 Å². The quantitative estimate of drug-likeness (QED) is 0.901. The molecule has 0 amide bonds. The third kappa shape index (κ3) is 2.73. The Kier molecular flexibility index (Phi) is 4.07. The van der Waals surface area contributed by atoms with Crippen LogP contribution in [0.2, 0.25) is 0 Å². The number of ketones is 1. The van der Waals surface area contributed by atoms with Crippen molar-refractivity contribution >= 4 is 16.6 Å². The van der Waals surface area contributed by atoms with Crippen LogP contribution >= 0.6 is 0 Å². The Bertz CT molecular complexity index is 636. The summed E-state index contributed by atoms with van der Waals surface area (Å²) in [6.45, 7) is 3.13. The predicted molar refractivity (Wildman–Crippen MR) is 87.5 cm³/mol. The van der Waals surface area contributed by atoms with Gasteiger partial charge in [0.15, 0.2) is 5.78 Å². The molecule has 2 aromatic rings. The first kappa shape index (κ1) is 14.3. The van der Waals surface area contributed by atoms with E-state index in [1.807, 2.05) is 12.1 Å². The molecule has 2 nitrogen and oxygen atoms in total. The smallest absolute Gasteiger partial charge is 0.157 e. The molecule has 0 spiro atoms. The molecule has 0 saturated carbocycles. The van der Waals surface area contributed by atoms with Gasteiger partial charge in [-0.3, -0.25) is 4.79 Å². The van der Waals surface area contributed by atoms with Gasteiger partial charge in [0.2, 0.25) is 0 Å². The van der Waals surface area contributed by atoms with Crippen LogP contribution in [-0.2, 0) is 11.2 Å². The van der Waals surface area contributed by atoms with Gasteiger partial charge in [0, 0.05) is 6.42 Å². The Morgan fingerprint density at radius 3 is 2.76 bits per heavy atom. The molecule has 1 unspecified atom stereocenters. The Morgan fingerprint density at radius 2 is 2.00 bits per heavy atom. The summed E-state index contributed by atoms with van der Waals surface area (Å²) in [5.41, 5.74) is 0.883. The second-order valence-electron chi connectivity index (χ2n) is 6.10. The SMILES string of the molecule is CCCC1(C(=O)Cc2cccc3ccccc23)CCCN1. The highest BCUT2D eigenvalue weighted by Crippen LogP contribution is 2.28. The molecule has 2 aromatic carbocycles. The maximum absolute atomic E-state index is 12.9. The third-order valence-electron chi connectivity index (χ3n) is 4.69. The molecule has 0 aromatic heterocycles. The standard InChI is InChI=1S/C19H23NO/c1-2-11-19(12-6-13-20-19)18(21)14-16-9-5-8-15-7-3-4-10-17(15)16/h3-5,7-10,20H,2,6,11-14H2,1H3. The van der Waals surface area contributed by atoms with Crippen LogP contribution in [0.4, 0.5) is 0 Å². The lowest BCUT2D eigenvalue weighted by molar-refractivity contribution is -0.124. The number of hydrogen-bond donors (Lipinski definition) is 1. The molecule has 2 heteroatoms. The fourth-order valence-corrected chi connectivity index (χ4v) is 3.61. The van der Waals surface area contributed by atoms with Crippen molar-refractivity contribution in [2.45, 2.75) is 44.6 Å². The van der Waals surface area contributed by atoms with Crippen LogP contribution in [0.3, 0.4) is 0 Å². The van der Waals surface area contributed by atoms with Gasteiger partial charge in [-0.2, -0.15) is 0 Å². The van der Waals surface area contributed by atoms with Crippen molar-refractivity contribution in [2.75, 3.05) is 6.54 Å². The number of benzene rings is 2. The van der Waals surface area contributed by atoms with E-state index in [0.29, 0.717) is 12.2 Å². The maximum Gasteiger partial charge on any atom is 0.157 e. The summed E-state index contributed by atoms with van der Waals surface area (Å²) in [6, 6.07) is 14.6. The lowest BCUT2D eigenvalue weighted by atomic mass is 9.83. The lowest BCUT2D eigenvalue weighted by Crippen LogP contribution is -2.48. The fourth-order valence-electron chi connectivity index (χ4n) is 3.61. The van der Waals surface area contributed by atoms with Gasteiger partial charge in [-0.15, -0.1) is 0 Å². The van der Waals surface area contributed by atoms with Crippen LogP contribution in [0.15, 0.2) is 42.5 Å². The summed E-state index contributed by atoms with van der Waals surface area (Å²) in [6.07, 6.45) is 4.64. The second kappa shape index (κ2) is 5.98. The van der Waals surface area contributed by atoms with E-state index in [9.17, 15) is 4.79 Å². The molecule has 1 N–H and O–H groups in total. The third-order valence-corrected chi connectivity index (χ3v) is 4.69. The van der Waals surface area contributed by atoms with Gasteiger partial charge < -0.3 is 5.32 Å². The summed E-state index contributed by atoms with van der Waals surface area (Å²) in [4.78, 5) is 12.9. The molecule has 0 bridgehead atoms. The van der Waals surface area contributed by atoms with E-state index >= 15 is 0 Å². The summed E-state index contributed by atoms with van der Waals surface area (Å²) < 4.78 is 0. The Morgan fingerprint density at radius 1 is 1.19 bits per heavy atom. The van der Waals surface area contributed by atoms with Gasteiger partial charge in [-0.25, -0.2) is 0 Å². The van der Waals surface area contributed by atoms with Crippen LogP contribution in [0.5, 0.6) is 0 Å². The van der Waals surface area contributed by atoms with Gasteiger partial charge in [-0.05, 0) is 42.1 Å². The van der Waals surface area contributed by atoms with Crippen molar-refractivity contribution in [2.24, 2.45) is 0 Å². The van der Waals surface area contributed by atoms with Crippen molar-refractivity contribution in [3.8, 4) is 0 Å². The zero-order valence-corrected chi connectivity index (χ0v) is 12.7. The normalized spacial score (nSPS) is 21.8. The number of carbonyl (C=O) groups excluding carboxylic acids is 1. The van der Waals surface area contributed by atoms with Crippen LogP contribution < -0.4 is 5.32 Å². The van der Waals surface area contributed by atoms with E-state index in [-0.39, 0.29) is 5.54 Å². The van der Waals surface area contributed by atoms with Crippen molar-refractivity contribution in [1.82, 2.24) is 5.32 Å². The summed E-state index contributed by atoms with van der Waals surface area (Å²) in [7, 11) is 0. The molecule has 3 rings (SSSR count). The maximum atomic E-state index is 12.9. The van der Waals surface area contributed by atoms with Crippen LogP contribution in [0.1, 0.15) is 38.2 Å². The summed E-state index contributed by atoms with van der Waals surface area (Å²) >= 11 is 0. The van der Waals surface area contributed by atoms with E-state index in [4.69, 9.17) is 0 Å². The highest BCUT2D eigenvalue weighted by molar-refractivity contribution is 5.95. The second-order valence-corrected chi connectivity index (χ2v) is 6.10. The van der Waals surface area contributed by atoms with E-state index < -0.39 is 0 Å². The first-order chi connectivity index (χ1) is 10.2. The van der Waals surface area contributed by atoms with Crippen molar-refractivity contribution in [1.29, 1.82) is 0 Å². The predicted octanol–water partition coefficient (Wildman–Crippen LogP) is 3.87. The summed E-state index contributed by atoms with van der Waals surface area (Å²) in [5, 5.41) is 5.91. The fraction of sp³-hybridized carbons (Fsp3) is 0.421. The molecular formula is C19H23NO. The van der Waals surface area contributed by atoms with Crippen LogP contribution in [0.25, 0.3) is 10.8 Å². The largest absolute Gasteiger partial charge is 0.305 e. The molecule has 1 fully saturated rings. The molecule has 0 aliphatic carbocycles. The molecule has 1 aliphatic heterocycles. The minimum atomic E-state index is -0.272. The Hall–Kier alpha value is -1.67. The first-order valence-electron chi connectivity index (χ1n) is 8.00. The van der Waals surface area contributed by atoms with E-state index in [0.717, 1.165) is 37.8 Å². The average molecular weight is 281 g/mol. The molecule has 110 valence electrons. The highest BCUT2D eigenvalue weighted by Gasteiger charge is 2.39. The minimum absolute atomic E-state index is 0.272. The zero-order valence-electron chi connectivity index (χ0n) is 12.7. The number of Topliss-reactive ketones (excluding diaryl/α,β-unsaturated/α-hetero) is 1. The van der Waals surface area contributed by atoms with Crippen molar-refractivity contribution < 1.29 is 4.79 Å². The highest BCUT2D eigenvalue weighted by atomic mass is 16.1. The number of nitrogens with one attached hydrogen (secondary N) is 1. The molecule has 1 heterocycles. The summed E-state index contributed by atoms with van der Waals surface area (Å²) in [5.74, 6) is 0.359. The monoisotopic (exact) mass is 281 g/mol. The Labute approximate surface area is 126 Å². The topological polar surface area (TPSA) is 29.1 Å². The van der Waals surface area contributed by atoms with Crippen molar-refractivity contribution in [3.05, 3.63) is 48.0 Å². The van der Waals surface area contributed by atoms with Crippen LogP contribution in [0, 0.1) is 0 Å².